The van der Waals surface area contributed by atoms with E-state index in [4.69, 9.17) is 14.0 Å². The van der Waals surface area contributed by atoms with Crippen molar-refractivity contribution in [2.75, 3.05) is 0 Å². The predicted octanol–water partition coefficient (Wildman–Crippen LogP) is 11.8. The van der Waals surface area contributed by atoms with Gasteiger partial charge in [0.25, 0.3) is 0 Å². The molecule has 0 amide bonds. The summed E-state index contributed by atoms with van der Waals surface area (Å²) in [5.41, 5.74) is 3.39. The summed E-state index contributed by atoms with van der Waals surface area (Å²) in [6.45, 7) is 0. The summed E-state index contributed by atoms with van der Waals surface area (Å²) >= 11 is 0. The third kappa shape index (κ3) is 3.20. The number of fused-ring (bicyclic) bond motifs is 5. The van der Waals surface area contributed by atoms with E-state index in [1.807, 2.05) is 60.7 Å². The molecular weight excluding hydrogens is 534 g/mol. The number of aromatic nitrogens is 1. The number of hydrogen-bond donors (Lipinski definition) is 0. The van der Waals surface area contributed by atoms with Crippen molar-refractivity contribution in [3.05, 3.63) is 151 Å². The van der Waals surface area contributed by atoms with Gasteiger partial charge in [-0.05, 0) is 91.0 Å². The number of nitrogens with zero attached hydrogens (tertiary/aromatic N) is 1. The van der Waals surface area contributed by atoms with E-state index in [0.29, 0.717) is 22.1 Å². The second-order valence-corrected chi connectivity index (χ2v) is 10.7. The van der Waals surface area contributed by atoms with Crippen molar-refractivity contribution in [1.29, 1.82) is 0 Å². The van der Waals surface area contributed by atoms with Crippen LogP contribution in [0.15, 0.2) is 156 Å². The van der Waals surface area contributed by atoms with Gasteiger partial charge in [-0.2, -0.15) is 0 Å². The van der Waals surface area contributed by atoms with Crippen LogP contribution in [0.25, 0.3) is 93.2 Å². The summed E-state index contributed by atoms with van der Waals surface area (Å²) in [6, 6.07) is 15.4. The molecule has 2 aromatic heterocycles. The molecule has 8 aromatic carbocycles. The predicted molar refractivity (Wildman–Crippen MR) is 185 cm³/mol. The van der Waals surface area contributed by atoms with Gasteiger partial charge in [0.2, 0.25) is 0 Å². The molecule has 0 fully saturated rings. The van der Waals surface area contributed by atoms with E-state index in [2.05, 4.69) is 4.57 Å². The first-order valence-electron chi connectivity index (χ1n) is 20.6. The zero-order valence-corrected chi connectivity index (χ0v) is 22.8. The van der Waals surface area contributed by atoms with Crippen molar-refractivity contribution in [3.63, 3.8) is 0 Å². The molecule has 0 saturated carbocycles. The van der Waals surface area contributed by atoms with Crippen LogP contribution in [0.4, 0.5) is 0 Å². The number of para-hydroxylation sites is 2. The van der Waals surface area contributed by atoms with Crippen molar-refractivity contribution in [2.24, 2.45) is 0 Å². The molecule has 0 aliphatic rings. The second kappa shape index (κ2) is 8.82. The van der Waals surface area contributed by atoms with Gasteiger partial charge in [-0.15, -0.1) is 0 Å². The zero-order valence-electron chi connectivity index (χ0n) is 35.8. The molecule has 10 rings (SSSR count). The molecule has 0 aliphatic heterocycles. The second-order valence-electron chi connectivity index (χ2n) is 10.7. The highest BCUT2D eigenvalue weighted by Crippen LogP contribution is 2.44. The lowest BCUT2D eigenvalue weighted by atomic mass is 9.87. The third-order valence-corrected chi connectivity index (χ3v) is 8.33. The molecule has 0 unspecified atom stereocenters. The van der Waals surface area contributed by atoms with Crippen molar-refractivity contribution in [3.8, 4) is 27.9 Å². The molecule has 2 nitrogen and oxygen atoms in total. The minimum absolute atomic E-state index is 0.00818. The maximum Gasteiger partial charge on any atom is 0.161 e. The van der Waals surface area contributed by atoms with Gasteiger partial charge >= 0.3 is 0 Å². The summed E-state index contributed by atoms with van der Waals surface area (Å²) in [4.78, 5) is 0. The number of benzene rings is 8. The molecular formula is C42H25NO. The summed E-state index contributed by atoms with van der Waals surface area (Å²) in [5, 5.41) is 0.952. The van der Waals surface area contributed by atoms with Crippen molar-refractivity contribution in [1.82, 2.24) is 4.57 Å². The minimum Gasteiger partial charge on any atom is -0.454 e. The van der Waals surface area contributed by atoms with Gasteiger partial charge < -0.3 is 8.98 Å². The normalized spacial score (nSPS) is 16.2. The quantitative estimate of drug-likeness (QED) is 0.193. The van der Waals surface area contributed by atoms with Crippen LogP contribution >= 0.6 is 0 Å². The fourth-order valence-electron chi connectivity index (χ4n) is 6.44. The van der Waals surface area contributed by atoms with Gasteiger partial charge in [0.1, 0.15) is 11.1 Å². The highest BCUT2D eigenvalue weighted by atomic mass is 16.3. The lowest BCUT2D eigenvalue weighted by molar-refractivity contribution is 0.673. The number of hydrogen-bond acceptors (Lipinski definition) is 1. The maximum atomic E-state index is 9.40. The van der Waals surface area contributed by atoms with Crippen LogP contribution in [0, 0.1) is 0 Å². The first-order chi connectivity index (χ1) is 27.3. The van der Waals surface area contributed by atoms with E-state index in [-0.39, 0.29) is 49.5 Å². The average Bonchev–Trinajstić information content (AvgIpc) is 3.74. The van der Waals surface area contributed by atoms with Crippen LogP contribution < -0.4 is 0 Å². The van der Waals surface area contributed by atoms with Gasteiger partial charge in [-0.25, -0.2) is 0 Å². The summed E-state index contributed by atoms with van der Waals surface area (Å²) in [6.07, 6.45) is 0. The van der Waals surface area contributed by atoms with Crippen LogP contribution in [0.1, 0.15) is 17.8 Å². The molecule has 0 aliphatic carbocycles. The Balaban J connectivity index is 1.39. The minimum atomic E-state index is -0.695. The Hall–Kier alpha value is -5.86. The molecule has 10 aromatic rings. The fourth-order valence-corrected chi connectivity index (χ4v) is 6.44. The van der Waals surface area contributed by atoms with E-state index >= 15 is 0 Å². The van der Waals surface area contributed by atoms with Crippen LogP contribution in [0.5, 0.6) is 0 Å². The van der Waals surface area contributed by atoms with Crippen molar-refractivity contribution in [2.45, 2.75) is 0 Å². The topological polar surface area (TPSA) is 18.1 Å². The Morgan fingerprint density at radius 2 is 1.18 bits per heavy atom. The van der Waals surface area contributed by atoms with Crippen LogP contribution in [0.3, 0.4) is 0 Å². The lowest BCUT2D eigenvalue weighted by Gasteiger charge is -2.16. The standard InChI is InChI=1S/C42H25NO/c1-3-9-26(10-4-1)31-20-15-27-18-23-34-32(21-16-28-17-22-33(31)39(27)40(28)34)29-19-24-37-36(25-29)42-41(35-13-7-8-14-38(35)44-42)43(37)30-11-5-2-6-12-30/h1-25H/i1D,3D,4D,9D,10D,15D,16D,17D,18D,20D,21D,22D,23D. The van der Waals surface area contributed by atoms with Crippen LogP contribution in [-0.4, -0.2) is 4.57 Å². The molecule has 0 atom stereocenters. The Labute approximate surface area is 271 Å². The molecule has 0 radical (unpaired) electrons. The van der Waals surface area contributed by atoms with Gasteiger partial charge in [0.15, 0.2) is 5.58 Å². The molecule has 0 spiro atoms. The Morgan fingerprint density at radius 1 is 0.523 bits per heavy atom. The first kappa shape index (κ1) is 14.5. The van der Waals surface area contributed by atoms with Gasteiger partial charge in [-0.3, -0.25) is 0 Å². The monoisotopic (exact) mass is 572 g/mol. The smallest absolute Gasteiger partial charge is 0.161 e. The number of furan rings is 1. The summed E-state index contributed by atoms with van der Waals surface area (Å²) < 4.78 is 125. The SMILES string of the molecule is [2H]c1c([2H])c([2H])c(-c2c([2H])c([2H])c3c([2H])c([2H])c4c(-c5ccc6c(c5)c5oc7ccccc7c5n6-c5ccccc5)c([2H])c([2H])c5c([2H])c([2H])c2c3c54)c([2H])c1[2H]. The van der Waals surface area contributed by atoms with E-state index in [9.17, 15) is 8.22 Å². The lowest BCUT2D eigenvalue weighted by Crippen LogP contribution is -1.93. The van der Waals surface area contributed by atoms with E-state index in [1.54, 1.807) is 12.1 Å². The fraction of sp³-hybridized carbons (Fsp3) is 0. The largest absolute Gasteiger partial charge is 0.454 e. The Kier molecular flexibility index (Phi) is 2.92. The summed E-state index contributed by atoms with van der Waals surface area (Å²) in [5.74, 6) is 0. The van der Waals surface area contributed by atoms with E-state index in [0.717, 1.165) is 22.1 Å². The Morgan fingerprint density at radius 3 is 1.93 bits per heavy atom. The molecule has 0 N–H and O–H groups in total. The maximum absolute atomic E-state index is 9.40. The zero-order chi connectivity index (χ0) is 40.1. The van der Waals surface area contributed by atoms with Crippen LogP contribution in [0.2, 0.25) is 0 Å². The summed E-state index contributed by atoms with van der Waals surface area (Å²) in [7, 11) is 0. The average molecular weight is 573 g/mol. The van der Waals surface area contributed by atoms with Gasteiger partial charge in [-0.1, -0.05) is 115 Å². The molecule has 0 bridgehead atoms. The molecule has 44 heavy (non-hydrogen) atoms. The molecule has 0 saturated heterocycles. The highest BCUT2D eigenvalue weighted by molar-refractivity contribution is 6.28. The number of rotatable bonds is 3. The van der Waals surface area contributed by atoms with Crippen molar-refractivity contribution < 1.29 is 22.2 Å². The van der Waals surface area contributed by atoms with Crippen molar-refractivity contribution >= 4 is 65.3 Å². The van der Waals surface area contributed by atoms with E-state index < -0.39 is 78.1 Å². The van der Waals surface area contributed by atoms with Crippen LogP contribution in [-0.2, 0) is 0 Å². The third-order valence-electron chi connectivity index (χ3n) is 8.33. The van der Waals surface area contributed by atoms with Gasteiger partial charge in [0, 0.05) is 16.5 Å². The molecule has 2 heterocycles. The molecule has 204 valence electrons. The highest BCUT2D eigenvalue weighted by Gasteiger charge is 2.21. The molecule has 2 heteroatoms. The van der Waals surface area contributed by atoms with Gasteiger partial charge in [0.05, 0.1) is 23.3 Å². The van der Waals surface area contributed by atoms with E-state index in [1.165, 1.54) is 0 Å². The first-order valence-corrected chi connectivity index (χ1v) is 14.1. The Bertz CT molecular complexity index is 3410.